The fourth-order valence-electron chi connectivity index (χ4n) is 8.57. The number of hydrogen-bond acceptors (Lipinski definition) is 12. The summed E-state index contributed by atoms with van der Waals surface area (Å²) in [5.74, 6) is -11.6. The number of likely N-dealkylation sites (tertiary alicyclic amines) is 1. The summed E-state index contributed by atoms with van der Waals surface area (Å²) >= 11 is 0. The number of aliphatic carboxylic acids is 3. The van der Waals surface area contributed by atoms with Gasteiger partial charge in [0.2, 0.25) is 41.4 Å². The third-order valence-corrected chi connectivity index (χ3v) is 12.4. The van der Waals surface area contributed by atoms with Crippen molar-refractivity contribution < 1.29 is 63.3 Å². The maximum Gasteiger partial charge on any atom is 0.326 e. The number of benzene rings is 2. The molecule has 8 atom stereocenters. The molecule has 3 aromatic rings. The zero-order chi connectivity index (χ0) is 55.5. The van der Waals surface area contributed by atoms with Gasteiger partial charge in [0, 0.05) is 43.0 Å². The average Bonchev–Trinajstić information content (AvgIpc) is 4.01. The predicted octanol–water partition coefficient (Wildman–Crippen LogP) is -1.03. The molecule has 0 unspecified atom stereocenters. The van der Waals surface area contributed by atoms with E-state index in [1.165, 1.54) is 0 Å². The van der Waals surface area contributed by atoms with Gasteiger partial charge in [-0.2, -0.15) is 0 Å². The number of carboxylic acid groups (broad SMARTS) is 3. The van der Waals surface area contributed by atoms with E-state index in [1.54, 1.807) is 74.6 Å². The van der Waals surface area contributed by atoms with Gasteiger partial charge in [-0.05, 0) is 61.1 Å². The van der Waals surface area contributed by atoms with E-state index in [2.05, 4.69) is 41.9 Å². The third kappa shape index (κ3) is 18.4. The zero-order valence-electron chi connectivity index (χ0n) is 42.4. The van der Waals surface area contributed by atoms with Crippen LogP contribution in [0.15, 0.2) is 65.8 Å². The highest BCUT2D eigenvalue weighted by atomic mass is 16.4. The van der Waals surface area contributed by atoms with E-state index < -0.39 is 126 Å². The summed E-state index contributed by atoms with van der Waals surface area (Å²) in [4.78, 5) is 142. The van der Waals surface area contributed by atoms with Crippen LogP contribution in [-0.4, -0.2) is 152 Å². The summed E-state index contributed by atoms with van der Waals surface area (Å²) in [6, 6.07) is 3.94. The van der Waals surface area contributed by atoms with Crippen LogP contribution in [0.5, 0.6) is 0 Å². The standard InChI is InChI=1S/C50H70N12O13/c1-26(2)20-31(51)42(67)57-36(23-39(63)64)46(71)56-33(16-10-18-54-50(52)53)43(68)61-41(27(3)4)47(72)59-35(22-29-25-55-32-15-9-8-14-30(29)32)45(70)58-34(21-28-12-6-5-7-13-28)44(69)60-37(24-40(65)66)48(73)62-19-11-17-38(62)49(74)75/h5-9,12-15,25-27,31,33-38,41,55H,10-11,16-24,51H2,1-4H3,(H,56,71)(H,57,67)(H,58,70)(H,59,72)(H,60,69)(H,61,68)(H,63,64)(H,65,66)(H,74,75)(H4,52,53,54)/t31-,33-,34-,35-,36-,37-,38-,41-/m0/s1. The molecule has 0 bridgehead atoms. The second-order valence-electron chi connectivity index (χ2n) is 19.2. The lowest BCUT2D eigenvalue weighted by Gasteiger charge is -2.30. The highest BCUT2D eigenvalue weighted by Gasteiger charge is 2.40. The normalized spacial score (nSPS) is 16.0. The number of nitrogens with one attached hydrogen (secondary N) is 7. The molecule has 0 radical (unpaired) electrons. The summed E-state index contributed by atoms with van der Waals surface area (Å²) in [6.07, 6.45) is 0.105. The highest BCUT2D eigenvalue weighted by Crippen LogP contribution is 2.22. The van der Waals surface area contributed by atoms with Crippen molar-refractivity contribution in [1.29, 1.82) is 0 Å². The van der Waals surface area contributed by atoms with Crippen molar-refractivity contribution in [3.8, 4) is 0 Å². The van der Waals surface area contributed by atoms with E-state index in [4.69, 9.17) is 17.2 Å². The van der Waals surface area contributed by atoms with Gasteiger partial charge in [-0.15, -0.1) is 0 Å². The Morgan fingerprint density at radius 3 is 1.84 bits per heavy atom. The number of aromatic amines is 1. The molecule has 1 fully saturated rings. The molecule has 25 nitrogen and oxygen atoms in total. The topological polar surface area (TPSA) is 413 Å². The van der Waals surface area contributed by atoms with Gasteiger partial charge >= 0.3 is 17.9 Å². The number of H-pyrrole nitrogens is 1. The number of guanidine groups is 1. The summed E-state index contributed by atoms with van der Waals surface area (Å²) in [6.45, 7) is 6.84. The number of hydrogen-bond donors (Lipinski definition) is 13. The molecule has 2 aromatic carbocycles. The molecule has 0 aliphatic carbocycles. The van der Waals surface area contributed by atoms with Gasteiger partial charge in [0.05, 0.1) is 18.9 Å². The number of carbonyl (C=O) groups is 10. The van der Waals surface area contributed by atoms with E-state index in [1.807, 2.05) is 13.8 Å². The average molecular weight is 1050 g/mol. The molecule has 1 aliphatic heterocycles. The molecule has 1 aliphatic rings. The summed E-state index contributed by atoms with van der Waals surface area (Å²) in [5.41, 5.74) is 18.8. The molecule has 0 spiro atoms. The van der Waals surface area contributed by atoms with E-state index in [9.17, 15) is 63.3 Å². The van der Waals surface area contributed by atoms with Crippen LogP contribution in [0.25, 0.3) is 10.9 Å². The third-order valence-electron chi connectivity index (χ3n) is 12.4. The number of aromatic nitrogens is 1. The zero-order valence-corrected chi connectivity index (χ0v) is 42.4. The van der Waals surface area contributed by atoms with Gasteiger partial charge in [-0.3, -0.25) is 48.1 Å². The second-order valence-corrected chi connectivity index (χ2v) is 19.2. The van der Waals surface area contributed by atoms with Crippen LogP contribution in [0.2, 0.25) is 0 Å². The first-order chi connectivity index (χ1) is 35.4. The van der Waals surface area contributed by atoms with Gasteiger partial charge in [-0.25, -0.2) is 4.79 Å². The van der Waals surface area contributed by atoms with Crippen LogP contribution < -0.4 is 49.1 Å². The van der Waals surface area contributed by atoms with Crippen molar-refractivity contribution >= 4 is 76.1 Å². The van der Waals surface area contributed by atoms with E-state index in [-0.39, 0.29) is 63.5 Å². The number of carboxylic acids is 3. The van der Waals surface area contributed by atoms with Crippen molar-refractivity contribution in [1.82, 2.24) is 41.8 Å². The summed E-state index contributed by atoms with van der Waals surface area (Å²) in [7, 11) is 0. The van der Waals surface area contributed by atoms with Crippen LogP contribution in [0.1, 0.15) is 83.8 Å². The quantitative estimate of drug-likeness (QED) is 0.0225. The molecule has 16 N–H and O–H groups in total. The number of nitrogens with two attached hydrogens (primary N) is 3. The van der Waals surface area contributed by atoms with Crippen LogP contribution in [0, 0.1) is 11.8 Å². The molecule has 1 saturated heterocycles. The lowest BCUT2D eigenvalue weighted by molar-refractivity contribution is -0.150. The molecule has 7 amide bonds. The Hall–Kier alpha value is -8.09. The van der Waals surface area contributed by atoms with Gasteiger partial charge in [0.15, 0.2) is 5.96 Å². The molecule has 0 saturated carbocycles. The van der Waals surface area contributed by atoms with Crippen molar-refractivity contribution in [3.63, 3.8) is 0 Å². The van der Waals surface area contributed by atoms with Crippen molar-refractivity contribution in [2.45, 2.75) is 134 Å². The minimum atomic E-state index is -1.72. The van der Waals surface area contributed by atoms with Crippen LogP contribution in [-0.2, 0) is 60.8 Å². The Balaban J connectivity index is 1.67. The first-order valence-electron chi connectivity index (χ1n) is 24.6. The largest absolute Gasteiger partial charge is 0.481 e. The first-order valence-corrected chi connectivity index (χ1v) is 24.6. The fraction of sp³-hybridized carbons (Fsp3) is 0.500. The molecular weight excluding hydrogens is 977 g/mol. The fourth-order valence-corrected chi connectivity index (χ4v) is 8.57. The number of para-hydroxylation sites is 1. The molecule has 25 heteroatoms. The van der Waals surface area contributed by atoms with Crippen molar-refractivity contribution in [2.24, 2.45) is 34.0 Å². The SMILES string of the molecule is CC(C)C[C@H](N)C(=O)N[C@@H](CC(=O)O)C(=O)N[C@@H](CCCN=C(N)N)C(=O)N[C@H](C(=O)N[C@@H](Cc1c[nH]c2ccccc12)C(=O)N[C@@H](Cc1ccccc1)C(=O)N[C@@H](CC(=O)O)C(=O)N1CCC[C@H]1C(=O)O)C(C)C. The Kier molecular flexibility index (Phi) is 22.5. The molecule has 1 aromatic heterocycles. The van der Waals surface area contributed by atoms with Crippen molar-refractivity contribution in [3.05, 3.63) is 71.9 Å². The Labute approximate surface area is 432 Å². The number of rotatable bonds is 29. The predicted molar refractivity (Wildman–Crippen MR) is 273 cm³/mol. The van der Waals surface area contributed by atoms with Crippen LogP contribution in [0.3, 0.4) is 0 Å². The molecule has 408 valence electrons. The van der Waals surface area contributed by atoms with Gasteiger partial charge in [-0.1, -0.05) is 76.2 Å². The minimum absolute atomic E-state index is 0.00347. The molecule has 4 rings (SSSR count). The van der Waals surface area contributed by atoms with E-state index in [0.29, 0.717) is 28.5 Å². The van der Waals surface area contributed by atoms with E-state index in [0.717, 1.165) is 4.90 Å². The summed E-state index contributed by atoms with van der Waals surface area (Å²) < 4.78 is 0. The number of amides is 7. The van der Waals surface area contributed by atoms with Gasteiger partial charge in [0.1, 0.15) is 42.3 Å². The first kappa shape index (κ1) is 59.5. The monoisotopic (exact) mass is 1050 g/mol. The number of carbonyl (C=O) groups excluding carboxylic acids is 7. The number of fused-ring (bicyclic) bond motifs is 1. The van der Waals surface area contributed by atoms with Gasteiger partial charge < -0.3 is 74.3 Å². The Morgan fingerprint density at radius 1 is 0.680 bits per heavy atom. The Bertz CT molecular complexity index is 2550. The Morgan fingerprint density at radius 2 is 1.23 bits per heavy atom. The highest BCUT2D eigenvalue weighted by molar-refractivity contribution is 5.99. The van der Waals surface area contributed by atoms with Gasteiger partial charge in [0.25, 0.3) is 0 Å². The van der Waals surface area contributed by atoms with Crippen LogP contribution >= 0.6 is 0 Å². The lowest BCUT2D eigenvalue weighted by atomic mass is 9.99. The van der Waals surface area contributed by atoms with Crippen molar-refractivity contribution in [2.75, 3.05) is 13.1 Å². The molecule has 2 heterocycles. The molecule has 75 heavy (non-hydrogen) atoms. The maximum absolute atomic E-state index is 14.7. The number of aliphatic imine (C=N–C) groups is 1. The molecular formula is C50H70N12O13. The lowest BCUT2D eigenvalue weighted by Crippen LogP contribution is -2.61. The smallest absolute Gasteiger partial charge is 0.326 e. The van der Waals surface area contributed by atoms with E-state index >= 15 is 0 Å². The second kappa shape index (κ2) is 28.4. The minimum Gasteiger partial charge on any atom is -0.481 e. The number of nitrogens with zero attached hydrogens (tertiary/aromatic N) is 2. The van der Waals surface area contributed by atoms with Crippen LogP contribution in [0.4, 0.5) is 0 Å². The summed E-state index contributed by atoms with van der Waals surface area (Å²) in [5, 5.41) is 45.2. The maximum atomic E-state index is 14.7.